The number of ether oxygens (including phenoxy) is 2. The Morgan fingerprint density at radius 2 is 2.12 bits per heavy atom. The van der Waals surface area contributed by atoms with Gasteiger partial charge in [-0.1, -0.05) is 0 Å². The van der Waals surface area contributed by atoms with Gasteiger partial charge in [0.2, 0.25) is 0 Å². The average Bonchev–Trinajstić information content (AvgIpc) is 3.45. The number of H-pyrrole nitrogens is 1. The van der Waals surface area contributed by atoms with Crippen molar-refractivity contribution in [3.8, 4) is 17.0 Å². The highest BCUT2D eigenvalue weighted by molar-refractivity contribution is 7.20. The number of rotatable bonds is 7. The summed E-state index contributed by atoms with van der Waals surface area (Å²) >= 11 is 1.11. The van der Waals surface area contributed by atoms with Crippen LogP contribution < -0.4 is 15.4 Å². The van der Waals surface area contributed by atoms with Gasteiger partial charge in [-0.3, -0.25) is 9.89 Å². The molecular weight excluding hydrogens is 470 g/mol. The summed E-state index contributed by atoms with van der Waals surface area (Å²) in [6, 6.07) is 4.40. The van der Waals surface area contributed by atoms with Crippen molar-refractivity contribution in [1.29, 1.82) is 5.41 Å². The molecule has 10 nitrogen and oxygen atoms in total. The second-order valence-corrected chi connectivity index (χ2v) is 7.74. The van der Waals surface area contributed by atoms with Gasteiger partial charge in [-0.2, -0.15) is 13.9 Å². The number of carbonyl (C=O) groups is 2. The predicted octanol–water partition coefficient (Wildman–Crippen LogP) is 3.67. The summed E-state index contributed by atoms with van der Waals surface area (Å²) in [6.07, 6.45) is 6.83. The van der Waals surface area contributed by atoms with Gasteiger partial charge in [0.25, 0.3) is 5.91 Å². The van der Waals surface area contributed by atoms with Crippen LogP contribution in [0.2, 0.25) is 0 Å². The molecule has 34 heavy (non-hydrogen) atoms. The van der Waals surface area contributed by atoms with Gasteiger partial charge >= 0.3 is 12.6 Å². The maximum Gasteiger partial charge on any atom is 0.387 e. The van der Waals surface area contributed by atoms with Crippen molar-refractivity contribution in [2.45, 2.75) is 6.61 Å². The second kappa shape index (κ2) is 9.62. The van der Waals surface area contributed by atoms with Crippen LogP contribution in [0.3, 0.4) is 0 Å². The summed E-state index contributed by atoms with van der Waals surface area (Å²) in [5.74, 6) is -1.27. The smallest absolute Gasteiger partial charge is 0.387 e. The van der Waals surface area contributed by atoms with Crippen molar-refractivity contribution in [1.82, 2.24) is 15.5 Å². The molecule has 0 unspecified atom stereocenters. The number of halogens is 2. The third-order valence-electron chi connectivity index (χ3n) is 4.61. The molecule has 2 aromatic heterocycles. The molecule has 174 valence electrons. The van der Waals surface area contributed by atoms with E-state index in [0.29, 0.717) is 10.1 Å². The number of methoxy groups -OCH3 is 1. The molecule has 0 spiro atoms. The number of benzene rings is 1. The number of aromatic amines is 1. The molecule has 3 aromatic rings. The highest BCUT2D eigenvalue weighted by Crippen LogP contribution is 2.40. The van der Waals surface area contributed by atoms with Crippen molar-refractivity contribution in [2.75, 3.05) is 12.4 Å². The van der Waals surface area contributed by atoms with Crippen LogP contribution in [0.5, 0.6) is 5.75 Å². The number of fused-ring (bicyclic) bond motifs is 1. The van der Waals surface area contributed by atoms with Crippen molar-refractivity contribution in [2.24, 2.45) is 4.99 Å². The summed E-state index contributed by atoms with van der Waals surface area (Å²) in [6.45, 7) is -3.12. The molecule has 0 bridgehead atoms. The van der Waals surface area contributed by atoms with Gasteiger partial charge in [0.05, 0.1) is 18.4 Å². The first kappa shape index (κ1) is 22.8. The number of aromatic nitrogens is 2. The fraction of sp³-hybridized carbons (Fsp3) is 0.0952. The minimum Gasteiger partial charge on any atom is -0.465 e. The summed E-state index contributed by atoms with van der Waals surface area (Å²) < 4.78 is 36.3. The minimum atomic E-state index is -3.12. The van der Waals surface area contributed by atoms with Crippen molar-refractivity contribution < 1.29 is 27.8 Å². The number of aliphatic imine (C=N–C) groups is 1. The third kappa shape index (κ3) is 4.54. The van der Waals surface area contributed by atoms with E-state index in [9.17, 15) is 18.4 Å². The molecule has 1 amide bonds. The van der Waals surface area contributed by atoms with Gasteiger partial charge < -0.3 is 25.5 Å². The van der Waals surface area contributed by atoms with E-state index >= 15 is 0 Å². The van der Waals surface area contributed by atoms with Crippen LogP contribution in [-0.2, 0) is 9.53 Å². The summed E-state index contributed by atoms with van der Waals surface area (Å²) in [5.41, 5.74) is 0.369. The van der Waals surface area contributed by atoms with Crippen molar-refractivity contribution >= 4 is 51.4 Å². The summed E-state index contributed by atoms with van der Waals surface area (Å²) in [4.78, 5) is 29.0. The normalized spacial score (nSPS) is 14.1. The van der Waals surface area contributed by atoms with Crippen LogP contribution in [0.1, 0.15) is 9.67 Å². The zero-order valence-corrected chi connectivity index (χ0v) is 18.2. The lowest BCUT2D eigenvalue weighted by atomic mass is 10.1. The number of alkyl halides is 2. The van der Waals surface area contributed by atoms with E-state index in [-0.39, 0.29) is 39.0 Å². The molecule has 0 saturated heterocycles. The molecule has 0 aliphatic carbocycles. The predicted molar refractivity (Wildman–Crippen MR) is 123 cm³/mol. The number of allylic oxidation sites excluding steroid dienone is 1. The van der Waals surface area contributed by atoms with E-state index in [1.165, 1.54) is 37.7 Å². The Morgan fingerprint density at radius 1 is 1.29 bits per heavy atom. The number of nitrogens with one attached hydrogen (secondary N) is 4. The molecule has 0 radical (unpaired) electrons. The zero-order valence-electron chi connectivity index (χ0n) is 17.4. The molecule has 0 fully saturated rings. The number of nitrogens with zero attached hydrogens (tertiary/aromatic N) is 2. The maximum atomic E-state index is 13.1. The van der Waals surface area contributed by atoms with Crippen LogP contribution in [0.15, 0.2) is 53.1 Å². The van der Waals surface area contributed by atoms with Crippen molar-refractivity contribution in [3.05, 3.63) is 52.9 Å². The first-order valence-electron chi connectivity index (χ1n) is 9.58. The number of carbonyl (C=O) groups excluding carboxylic acids is 2. The lowest BCUT2D eigenvalue weighted by Crippen LogP contribution is -2.21. The van der Waals surface area contributed by atoms with Gasteiger partial charge in [-0.15, -0.1) is 11.3 Å². The molecule has 4 N–H and O–H groups in total. The number of anilines is 1. The summed E-state index contributed by atoms with van der Waals surface area (Å²) in [7, 11) is 1.24. The topological polar surface area (TPSA) is 142 Å². The van der Waals surface area contributed by atoms with Gasteiger partial charge in [0, 0.05) is 35.1 Å². The number of esters is 1. The van der Waals surface area contributed by atoms with E-state index in [1.807, 2.05) is 0 Å². The Bertz CT molecular complexity index is 1370. The van der Waals surface area contributed by atoms with Crippen LogP contribution in [-0.4, -0.2) is 48.2 Å². The molecule has 13 heteroatoms. The Balaban J connectivity index is 1.75. The van der Waals surface area contributed by atoms with Gasteiger partial charge in [0.15, 0.2) is 0 Å². The van der Waals surface area contributed by atoms with Gasteiger partial charge in [-0.25, -0.2) is 9.79 Å². The Labute approximate surface area is 194 Å². The van der Waals surface area contributed by atoms with E-state index in [0.717, 1.165) is 17.6 Å². The molecule has 0 atom stereocenters. The van der Waals surface area contributed by atoms with E-state index in [1.54, 1.807) is 12.3 Å². The fourth-order valence-corrected chi connectivity index (χ4v) is 4.14. The van der Waals surface area contributed by atoms with Crippen molar-refractivity contribution in [3.63, 3.8) is 0 Å². The van der Waals surface area contributed by atoms with Crippen LogP contribution >= 0.6 is 11.3 Å². The standard InChI is InChI=1S/C21H16F2N6O4S/c1-32-20(31)16-6-10-5-14(33-21(22)23)11(7-15(10)34-16)17-13(9-27-29-17)28-19(30)12(8-24)18-25-3-2-4-26-18/h2-9,21,24-25H,1H3,(H,27,29)(H,28,30)/b18-12-,24-8?. The van der Waals surface area contributed by atoms with Gasteiger partial charge in [-0.05, 0) is 29.7 Å². The van der Waals surface area contributed by atoms with E-state index in [4.69, 9.17) is 14.9 Å². The maximum absolute atomic E-state index is 13.1. The minimum absolute atomic E-state index is 0.0618. The molecule has 3 heterocycles. The lowest BCUT2D eigenvalue weighted by Gasteiger charge is -2.13. The Morgan fingerprint density at radius 3 is 2.79 bits per heavy atom. The SMILES string of the molecule is COC(=O)c1cc2cc(OC(F)F)c(-c3n[nH]cc3NC(=O)/C(C=N)=C3\N=CC=CN3)cc2s1. The fourth-order valence-electron chi connectivity index (χ4n) is 3.14. The molecular formula is C21H16F2N6O4S. The Hall–Kier alpha value is -4.39. The number of thiophene rings is 1. The quantitative estimate of drug-likeness (QED) is 0.228. The first-order chi connectivity index (χ1) is 16.4. The monoisotopic (exact) mass is 486 g/mol. The van der Waals surface area contributed by atoms with Crippen LogP contribution in [0.25, 0.3) is 21.3 Å². The van der Waals surface area contributed by atoms with E-state index < -0.39 is 18.5 Å². The molecule has 4 rings (SSSR count). The lowest BCUT2D eigenvalue weighted by molar-refractivity contribution is -0.112. The third-order valence-corrected chi connectivity index (χ3v) is 5.69. The highest BCUT2D eigenvalue weighted by Gasteiger charge is 2.22. The largest absolute Gasteiger partial charge is 0.465 e. The van der Waals surface area contributed by atoms with E-state index in [2.05, 4.69) is 25.8 Å². The number of hydrogen-bond donors (Lipinski definition) is 4. The summed E-state index contributed by atoms with van der Waals surface area (Å²) in [5, 5.41) is 20.1. The van der Waals surface area contributed by atoms with Gasteiger partial charge in [0.1, 0.15) is 22.1 Å². The second-order valence-electron chi connectivity index (χ2n) is 6.66. The Kier molecular flexibility index (Phi) is 6.45. The number of hydrogen-bond acceptors (Lipinski definition) is 9. The average molecular weight is 486 g/mol. The van der Waals surface area contributed by atoms with Crippen LogP contribution in [0, 0.1) is 5.41 Å². The molecule has 1 aromatic carbocycles. The molecule has 0 saturated carbocycles. The first-order valence-corrected chi connectivity index (χ1v) is 10.4. The number of amides is 1. The molecule has 1 aliphatic heterocycles. The highest BCUT2D eigenvalue weighted by atomic mass is 32.1. The molecule has 1 aliphatic rings. The zero-order chi connectivity index (χ0) is 24.2. The van der Waals surface area contributed by atoms with Crippen LogP contribution in [0.4, 0.5) is 14.5 Å².